The lowest BCUT2D eigenvalue weighted by atomic mass is 10.0. The van der Waals surface area contributed by atoms with Gasteiger partial charge in [-0.3, -0.25) is 4.79 Å². The normalized spacial score (nSPS) is 12.7. The molecule has 0 saturated carbocycles. The van der Waals surface area contributed by atoms with Gasteiger partial charge in [-0.2, -0.15) is 0 Å². The Kier molecular flexibility index (Phi) is 6.65. The van der Waals surface area contributed by atoms with Gasteiger partial charge in [-0.05, 0) is 45.2 Å². The van der Waals surface area contributed by atoms with Crippen molar-refractivity contribution in [3.05, 3.63) is 30.2 Å². The summed E-state index contributed by atoms with van der Waals surface area (Å²) in [6.07, 6.45) is 1.69. The van der Waals surface area contributed by atoms with Crippen molar-refractivity contribution in [2.75, 3.05) is 6.54 Å². The van der Waals surface area contributed by atoms with E-state index in [-0.39, 0.29) is 18.3 Å². The van der Waals surface area contributed by atoms with Gasteiger partial charge in [-0.1, -0.05) is 19.0 Å². The molecule has 27 heavy (non-hydrogen) atoms. The molecule has 2 amide bonds. The lowest BCUT2D eigenvalue weighted by Gasteiger charge is -2.24. The molecule has 2 rings (SSSR count). The number of amides is 2. The Morgan fingerprint density at radius 3 is 2.59 bits per heavy atom. The minimum absolute atomic E-state index is 0.141. The zero-order valence-electron chi connectivity index (χ0n) is 16.4. The summed E-state index contributed by atoms with van der Waals surface area (Å²) in [5, 5.41) is 9.33. The average molecular weight is 377 g/mol. The van der Waals surface area contributed by atoms with E-state index in [9.17, 15) is 9.59 Å². The summed E-state index contributed by atoms with van der Waals surface area (Å²) in [7, 11) is 0. The standard InChI is InChI=1S/C19H27N3O5/c1-12(2)9-13(21-18(24)26-19(3,4)5)11-20-17(23)14-10-16(27-22-14)15-7-6-8-25-15/h6-8,10,12-13H,9,11H2,1-5H3,(H,20,23)(H,21,24)/t13-/m0/s1. The van der Waals surface area contributed by atoms with Crippen LogP contribution in [0, 0.1) is 5.92 Å². The van der Waals surface area contributed by atoms with E-state index in [0.29, 0.717) is 23.9 Å². The minimum Gasteiger partial charge on any atom is -0.461 e. The molecule has 148 valence electrons. The average Bonchev–Trinajstić information content (AvgIpc) is 3.20. The predicted molar refractivity (Wildman–Crippen MR) is 99.2 cm³/mol. The summed E-state index contributed by atoms with van der Waals surface area (Å²) >= 11 is 0. The third-order valence-corrected chi connectivity index (χ3v) is 3.49. The SMILES string of the molecule is CC(C)C[C@@H](CNC(=O)c1cc(-c2ccco2)on1)NC(=O)OC(C)(C)C. The topological polar surface area (TPSA) is 107 Å². The van der Waals surface area contributed by atoms with Gasteiger partial charge in [0.2, 0.25) is 5.76 Å². The number of nitrogens with one attached hydrogen (secondary N) is 2. The van der Waals surface area contributed by atoms with Crippen LogP contribution in [0.2, 0.25) is 0 Å². The van der Waals surface area contributed by atoms with Crippen LogP contribution in [0.3, 0.4) is 0 Å². The number of carbonyl (C=O) groups is 2. The maximum atomic E-state index is 12.3. The van der Waals surface area contributed by atoms with Gasteiger partial charge in [-0.25, -0.2) is 4.79 Å². The highest BCUT2D eigenvalue weighted by molar-refractivity contribution is 5.93. The second-order valence-corrected chi connectivity index (χ2v) is 7.74. The molecule has 0 aliphatic rings. The van der Waals surface area contributed by atoms with E-state index < -0.39 is 17.6 Å². The Morgan fingerprint density at radius 1 is 1.26 bits per heavy atom. The molecule has 0 spiro atoms. The fourth-order valence-electron chi connectivity index (χ4n) is 2.46. The molecule has 8 nitrogen and oxygen atoms in total. The van der Waals surface area contributed by atoms with Gasteiger partial charge in [0.1, 0.15) is 5.60 Å². The molecule has 0 unspecified atom stereocenters. The Labute approximate surface area is 158 Å². The molecular weight excluding hydrogens is 350 g/mol. The first-order valence-electron chi connectivity index (χ1n) is 8.92. The number of nitrogens with zero attached hydrogens (tertiary/aromatic N) is 1. The first-order valence-corrected chi connectivity index (χ1v) is 8.92. The molecule has 0 aliphatic heterocycles. The van der Waals surface area contributed by atoms with Crippen LogP contribution in [0.25, 0.3) is 11.5 Å². The number of hydrogen-bond acceptors (Lipinski definition) is 6. The Bertz CT molecular complexity index is 744. The van der Waals surface area contributed by atoms with Crippen LogP contribution in [-0.4, -0.2) is 35.3 Å². The van der Waals surface area contributed by atoms with Gasteiger partial charge in [0.25, 0.3) is 5.91 Å². The molecule has 0 aromatic carbocycles. The molecule has 2 aromatic rings. The van der Waals surface area contributed by atoms with E-state index in [1.165, 1.54) is 12.3 Å². The molecule has 8 heteroatoms. The lowest BCUT2D eigenvalue weighted by Crippen LogP contribution is -2.46. The number of carbonyl (C=O) groups excluding carboxylic acids is 2. The largest absolute Gasteiger partial charge is 0.461 e. The predicted octanol–water partition coefficient (Wildman–Crippen LogP) is 3.60. The summed E-state index contributed by atoms with van der Waals surface area (Å²) in [4.78, 5) is 24.3. The second kappa shape index (κ2) is 8.75. The lowest BCUT2D eigenvalue weighted by molar-refractivity contribution is 0.0495. The van der Waals surface area contributed by atoms with E-state index in [1.807, 2.05) is 13.8 Å². The van der Waals surface area contributed by atoms with E-state index in [0.717, 1.165) is 0 Å². The quantitative estimate of drug-likeness (QED) is 0.763. The number of hydrogen-bond donors (Lipinski definition) is 2. The van der Waals surface area contributed by atoms with Gasteiger partial charge in [0, 0.05) is 18.7 Å². The van der Waals surface area contributed by atoms with E-state index >= 15 is 0 Å². The van der Waals surface area contributed by atoms with Gasteiger partial charge in [-0.15, -0.1) is 0 Å². The highest BCUT2D eigenvalue weighted by Gasteiger charge is 2.22. The zero-order valence-corrected chi connectivity index (χ0v) is 16.4. The number of aromatic nitrogens is 1. The van der Waals surface area contributed by atoms with Crippen molar-refractivity contribution in [2.24, 2.45) is 5.92 Å². The molecule has 0 aliphatic carbocycles. The van der Waals surface area contributed by atoms with Crippen LogP contribution in [0.1, 0.15) is 51.5 Å². The monoisotopic (exact) mass is 377 g/mol. The van der Waals surface area contributed by atoms with Crippen molar-refractivity contribution in [1.82, 2.24) is 15.8 Å². The number of ether oxygens (including phenoxy) is 1. The first kappa shape index (κ1) is 20.5. The van der Waals surface area contributed by atoms with Gasteiger partial charge in [0.05, 0.1) is 6.26 Å². The molecule has 2 heterocycles. The molecule has 0 fully saturated rings. The van der Waals surface area contributed by atoms with Gasteiger partial charge in [0.15, 0.2) is 11.5 Å². The summed E-state index contributed by atoms with van der Waals surface area (Å²) < 4.78 is 15.6. The van der Waals surface area contributed by atoms with Gasteiger partial charge < -0.3 is 24.3 Å². The van der Waals surface area contributed by atoms with E-state index in [4.69, 9.17) is 13.7 Å². The summed E-state index contributed by atoms with van der Waals surface area (Å²) in [5.74, 6) is 0.803. The smallest absolute Gasteiger partial charge is 0.407 e. The highest BCUT2D eigenvalue weighted by Crippen LogP contribution is 2.20. The number of alkyl carbamates (subject to hydrolysis) is 1. The molecule has 0 bridgehead atoms. The Morgan fingerprint density at radius 2 is 2.00 bits per heavy atom. The van der Waals surface area contributed by atoms with Crippen LogP contribution in [0.4, 0.5) is 4.79 Å². The van der Waals surface area contributed by atoms with Crippen LogP contribution < -0.4 is 10.6 Å². The van der Waals surface area contributed by atoms with E-state index in [2.05, 4.69) is 15.8 Å². The first-order chi connectivity index (χ1) is 12.6. The van der Waals surface area contributed by atoms with Crippen molar-refractivity contribution in [1.29, 1.82) is 0 Å². The third-order valence-electron chi connectivity index (χ3n) is 3.49. The van der Waals surface area contributed by atoms with Crippen LogP contribution in [-0.2, 0) is 4.74 Å². The molecule has 0 saturated heterocycles. The molecular formula is C19H27N3O5. The second-order valence-electron chi connectivity index (χ2n) is 7.74. The van der Waals surface area contributed by atoms with Crippen molar-refractivity contribution in [3.63, 3.8) is 0 Å². The summed E-state index contributed by atoms with van der Waals surface area (Å²) in [6.45, 7) is 9.73. The molecule has 0 radical (unpaired) electrons. The minimum atomic E-state index is -0.585. The maximum Gasteiger partial charge on any atom is 0.407 e. The Hall–Kier alpha value is -2.77. The fourth-order valence-corrected chi connectivity index (χ4v) is 2.46. The van der Waals surface area contributed by atoms with Crippen molar-refractivity contribution >= 4 is 12.0 Å². The summed E-state index contributed by atoms with van der Waals surface area (Å²) in [6, 6.07) is 4.68. The number of rotatable bonds is 7. The highest BCUT2D eigenvalue weighted by atomic mass is 16.6. The summed E-state index contributed by atoms with van der Waals surface area (Å²) in [5.41, 5.74) is -0.444. The van der Waals surface area contributed by atoms with Crippen molar-refractivity contribution in [3.8, 4) is 11.5 Å². The molecule has 1 atom stereocenters. The van der Waals surface area contributed by atoms with Crippen molar-refractivity contribution < 1.29 is 23.3 Å². The van der Waals surface area contributed by atoms with Crippen molar-refractivity contribution in [2.45, 2.75) is 52.7 Å². The molecule has 2 N–H and O–H groups in total. The van der Waals surface area contributed by atoms with Crippen LogP contribution >= 0.6 is 0 Å². The Balaban J connectivity index is 1.93. The molecule has 2 aromatic heterocycles. The van der Waals surface area contributed by atoms with Gasteiger partial charge >= 0.3 is 6.09 Å². The zero-order chi connectivity index (χ0) is 20.0. The maximum absolute atomic E-state index is 12.3. The number of furan rings is 1. The fraction of sp³-hybridized carbons (Fsp3) is 0.526. The van der Waals surface area contributed by atoms with E-state index in [1.54, 1.807) is 32.9 Å². The van der Waals surface area contributed by atoms with Crippen LogP contribution in [0.5, 0.6) is 0 Å². The van der Waals surface area contributed by atoms with Crippen LogP contribution in [0.15, 0.2) is 33.4 Å². The third kappa shape index (κ3) is 6.80.